The zero-order chi connectivity index (χ0) is 13.1. The maximum Gasteiger partial charge on any atom is 0.293 e. The molecular formula is C14H20BrNO2. The smallest absolute Gasteiger partial charge is 0.293 e. The van der Waals surface area contributed by atoms with Crippen molar-refractivity contribution in [1.82, 2.24) is 5.32 Å². The van der Waals surface area contributed by atoms with E-state index in [2.05, 4.69) is 26.0 Å². The molecule has 3 nitrogen and oxygen atoms in total. The van der Waals surface area contributed by atoms with Crippen LogP contribution in [0.15, 0.2) is 30.3 Å². The molecule has 100 valence electrons. The predicted octanol–water partition coefficient (Wildman–Crippen LogP) is 2.74. The largest absolute Gasteiger partial charge is 0.463 e. The summed E-state index contributed by atoms with van der Waals surface area (Å²) in [5.74, 6) is 0.941. The molecule has 0 bridgehead atoms. The first kappa shape index (κ1) is 15.2. The van der Waals surface area contributed by atoms with Crippen LogP contribution in [-0.4, -0.2) is 24.9 Å². The van der Waals surface area contributed by atoms with Crippen molar-refractivity contribution < 1.29 is 9.53 Å². The lowest BCUT2D eigenvalue weighted by Gasteiger charge is -2.19. The molecule has 0 unspecified atom stereocenters. The minimum Gasteiger partial charge on any atom is -0.463 e. The van der Waals surface area contributed by atoms with Gasteiger partial charge in [0.25, 0.3) is 6.47 Å². The van der Waals surface area contributed by atoms with Crippen molar-refractivity contribution in [3.8, 4) is 0 Å². The lowest BCUT2D eigenvalue weighted by Crippen LogP contribution is -2.28. The highest BCUT2D eigenvalue weighted by molar-refractivity contribution is 9.09. The van der Waals surface area contributed by atoms with Crippen LogP contribution in [0.3, 0.4) is 0 Å². The fourth-order valence-electron chi connectivity index (χ4n) is 1.74. The zero-order valence-electron chi connectivity index (χ0n) is 10.5. The molecule has 1 fully saturated rings. The van der Waals surface area contributed by atoms with Crippen LogP contribution < -0.4 is 5.32 Å². The summed E-state index contributed by atoms with van der Waals surface area (Å²) in [7, 11) is 0. The van der Waals surface area contributed by atoms with Gasteiger partial charge in [-0.1, -0.05) is 46.3 Å². The summed E-state index contributed by atoms with van der Waals surface area (Å²) in [6.45, 7) is 3.25. The molecule has 0 spiro atoms. The minimum atomic E-state index is 0.365. The summed E-state index contributed by atoms with van der Waals surface area (Å²) in [6, 6.07) is 9.55. The van der Waals surface area contributed by atoms with Crippen LogP contribution in [0.5, 0.6) is 0 Å². The monoisotopic (exact) mass is 313 g/mol. The first-order valence-corrected chi connectivity index (χ1v) is 7.34. The standard InChI is InChI=1S/C8H8O2.C6H12BrN/c9-7-10-6-8-4-2-1-3-5-8;7-5-6-1-3-8-4-2-6/h1-5,7H,6H2;6,8H,1-5H2. The highest BCUT2D eigenvalue weighted by atomic mass is 79.9. The average molecular weight is 314 g/mol. The van der Waals surface area contributed by atoms with Crippen LogP contribution in [0.1, 0.15) is 18.4 Å². The molecule has 1 heterocycles. The van der Waals surface area contributed by atoms with Gasteiger partial charge in [-0.3, -0.25) is 4.79 Å². The quantitative estimate of drug-likeness (QED) is 0.686. The van der Waals surface area contributed by atoms with Gasteiger partial charge < -0.3 is 10.1 Å². The Kier molecular flexibility index (Phi) is 8.51. The van der Waals surface area contributed by atoms with Crippen LogP contribution in [0.25, 0.3) is 0 Å². The van der Waals surface area contributed by atoms with Crippen molar-refractivity contribution in [3.05, 3.63) is 35.9 Å². The van der Waals surface area contributed by atoms with Gasteiger partial charge in [0, 0.05) is 5.33 Å². The van der Waals surface area contributed by atoms with Crippen LogP contribution in [0.2, 0.25) is 0 Å². The Bertz CT molecular complexity index is 313. The van der Waals surface area contributed by atoms with Gasteiger partial charge in [-0.05, 0) is 37.4 Å². The van der Waals surface area contributed by atoms with Gasteiger partial charge in [0.15, 0.2) is 0 Å². The second kappa shape index (κ2) is 10.1. The van der Waals surface area contributed by atoms with Crippen LogP contribution in [-0.2, 0) is 16.1 Å². The molecule has 1 aliphatic rings. The van der Waals surface area contributed by atoms with E-state index in [0.717, 1.165) is 11.5 Å². The summed E-state index contributed by atoms with van der Waals surface area (Å²) in [4.78, 5) is 9.76. The molecule has 0 aromatic heterocycles. The highest BCUT2D eigenvalue weighted by Crippen LogP contribution is 2.13. The molecule has 1 saturated heterocycles. The molecule has 1 aromatic carbocycles. The Morgan fingerprint density at radius 1 is 1.28 bits per heavy atom. The van der Waals surface area contributed by atoms with Gasteiger partial charge in [-0.2, -0.15) is 0 Å². The summed E-state index contributed by atoms with van der Waals surface area (Å²) in [5, 5.41) is 4.52. The van der Waals surface area contributed by atoms with Gasteiger partial charge in [0.05, 0.1) is 0 Å². The second-order valence-corrected chi connectivity index (χ2v) is 4.89. The van der Waals surface area contributed by atoms with E-state index in [1.54, 1.807) is 0 Å². The van der Waals surface area contributed by atoms with Gasteiger partial charge >= 0.3 is 0 Å². The average Bonchev–Trinajstić information content (AvgIpc) is 2.48. The molecule has 1 aromatic rings. The third-order valence-electron chi connectivity index (χ3n) is 2.84. The molecule has 18 heavy (non-hydrogen) atoms. The second-order valence-electron chi connectivity index (χ2n) is 4.24. The normalized spacial score (nSPS) is 15.4. The number of alkyl halides is 1. The fraction of sp³-hybridized carbons (Fsp3) is 0.500. The number of carbonyl (C=O) groups excluding carboxylic acids is 1. The zero-order valence-corrected chi connectivity index (χ0v) is 12.1. The lowest BCUT2D eigenvalue weighted by molar-refractivity contribution is -0.129. The van der Waals surface area contributed by atoms with Crippen molar-refractivity contribution in [3.63, 3.8) is 0 Å². The van der Waals surface area contributed by atoms with Crippen molar-refractivity contribution >= 4 is 22.4 Å². The SMILES string of the molecule is BrCC1CCNCC1.O=COCc1ccccc1. The maximum absolute atomic E-state index is 9.76. The maximum atomic E-state index is 9.76. The fourth-order valence-corrected chi connectivity index (χ4v) is 2.39. The number of nitrogens with one attached hydrogen (secondary N) is 1. The van der Waals surface area contributed by atoms with Crippen molar-refractivity contribution in [2.24, 2.45) is 5.92 Å². The third kappa shape index (κ3) is 6.77. The minimum absolute atomic E-state index is 0.365. The lowest BCUT2D eigenvalue weighted by atomic mass is 10.0. The Hall–Kier alpha value is -0.870. The molecule has 0 saturated carbocycles. The van der Waals surface area contributed by atoms with Crippen molar-refractivity contribution in [2.45, 2.75) is 19.4 Å². The Morgan fingerprint density at radius 2 is 1.94 bits per heavy atom. The highest BCUT2D eigenvalue weighted by Gasteiger charge is 2.09. The van der Waals surface area contributed by atoms with Gasteiger partial charge in [-0.15, -0.1) is 0 Å². The summed E-state index contributed by atoms with van der Waals surface area (Å²) in [6.07, 6.45) is 2.70. The number of carbonyl (C=O) groups is 1. The van der Waals surface area contributed by atoms with Gasteiger partial charge in [0.1, 0.15) is 6.61 Å². The summed E-state index contributed by atoms with van der Waals surface area (Å²) < 4.78 is 4.54. The molecule has 0 amide bonds. The van der Waals surface area contributed by atoms with E-state index in [1.807, 2.05) is 30.3 Å². The van der Waals surface area contributed by atoms with E-state index in [0.29, 0.717) is 13.1 Å². The molecule has 1 aliphatic heterocycles. The topological polar surface area (TPSA) is 38.3 Å². The van der Waals surface area contributed by atoms with E-state index in [4.69, 9.17) is 0 Å². The van der Waals surface area contributed by atoms with Crippen molar-refractivity contribution in [2.75, 3.05) is 18.4 Å². The molecule has 4 heteroatoms. The van der Waals surface area contributed by atoms with Crippen LogP contribution in [0, 0.1) is 5.92 Å². The Labute approximate surface area is 117 Å². The van der Waals surface area contributed by atoms with E-state index in [-0.39, 0.29) is 0 Å². The number of rotatable bonds is 4. The van der Waals surface area contributed by atoms with E-state index < -0.39 is 0 Å². The van der Waals surface area contributed by atoms with E-state index in [1.165, 1.54) is 31.3 Å². The summed E-state index contributed by atoms with van der Waals surface area (Å²) >= 11 is 3.48. The number of benzene rings is 1. The number of ether oxygens (including phenoxy) is 1. The van der Waals surface area contributed by atoms with Crippen LogP contribution >= 0.6 is 15.9 Å². The molecule has 0 atom stereocenters. The number of piperidine rings is 1. The van der Waals surface area contributed by atoms with Crippen molar-refractivity contribution in [1.29, 1.82) is 0 Å². The van der Waals surface area contributed by atoms with Gasteiger partial charge in [-0.25, -0.2) is 0 Å². The first-order valence-electron chi connectivity index (χ1n) is 6.22. The first-order chi connectivity index (χ1) is 8.86. The number of hydrogen-bond donors (Lipinski definition) is 1. The molecule has 0 aliphatic carbocycles. The number of halogens is 1. The predicted molar refractivity (Wildman–Crippen MR) is 76.7 cm³/mol. The molecule has 0 radical (unpaired) electrons. The van der Waals surface area contributed by atoms with E-state index in [9.17, 15) is 4.79 Å². The van der Waals surface area contributed by atoms with Crippen LogP contribution in [0.4, 0.5) is 0 Å². The Morgan fingerprint density at radius 3 is 2.44 bits per heavy atom. The Balaban J connectivity index is 0.000000184. The van der Waals surface area contributed by atoms with E-state index >= 15 is 0 Å². The van der Waals surface area contributed by atoms with Gasteiger partial charge in [0.2, 0.25) is 0 Å². The third-order valence-corrected chi connectivity index (χ3v) is 3.75. The molecule has 2 rings (SSSR count). The number of hydrogen-bond acceptors (Lipinski definition) is 3. The summed E-state index contributed by atoms with van der Waals surface area (Å²) in [5.41, 5.74) is 1.01. The molecular weight excluding hydrogens is 294 g/mol. The molecule has 1 N–H and O–H groups in total.